The van der Waals surface area contributed by atoms with Gasteiger partial charge in [-0.1, -0.05) is 0 Å². The zero-order chi connectivity index (χ0) is 10.8. The Morgan fingerprint density at radius 2 is 2.07 bits per heavy atom. The first kappa shape index (κ1) is 10.4. The topological polar surface area (TPSA) is 29.5 Å². The van der Waals surface area contributed by atoms with Crippen LogP contribution in [0.2, 0.25) is 0 Å². The third-order valence-electron chi connectivity index (χ3n) is 2.59. The van der Waals surface area contributed by atoms with Crippen LogP contribution in [0.15, 0.2) is 18.2 Å². The van der Waals surface area contributed by atoms with E-state index in [1.807, 2.05) is 0 Å². The van der Waals surface area contributed by atoms with Crippen molar-refractivity contribution in [2.24, 2.45) is 0 Å². The molecule has 0 spiro atoms. The maximum Gasteiger partial charge on any atom is 0.167 e. The number of hydrogen-bond donors (Lipinski definition) is 1. The lowest BCUT2D eigenvalue weighted by Gasteiger charge is -2.17. The van der Waals surface area contributed by atoms with E-state index in [-0.39, 0.29) is 11.9 Å². The van der Waals surface area contributed by atoms with Crippen molar-refractivity contribution < 1.29 is 18.6 Å². The van der Waals surface area contributed by atoms with E-state index in [9.17, 15) is 13.9 Å². The van der Waals surface area contributed by atoms with Gasteiger partial charge in [0.05, 0.1) is 6.10 Å². The Bertz CT molecular complexity index is 354. The fraction of sp³-hybridized carbons (Fsp3) is 0.455. The summed E-state index contributed by atoms with van der Waals surface area (Å²) in [6.45, 7) is 0. The Hall–Kier alpha value is -1.16. The molecule has 1 fully saturated rings. The van der Waals surface area contributed by atoms with E-state index >= 15 is 0 Å². The van der Waals surface area contributed by atoms with Crippen molar-refractivity contribution in [3.05, 3.63) is 29.8 Å². The predicted octanol–water partition coefficient (Wildman–Crippen LogP) is 2.26. The average molecular weight is 214 g/mol. The predicted molar refractivity (Wildman–Crippen MR) is 50.6 cm³/mol. The molecule has 1 aromatic carbocycles. The molecule has 82 valence electrons. The number of aliphatic hydroxyl groups is 1. The van der Waals surface area contributed by atoms with Gasteiger partial charge in [-0.05, 0) is 31.4 Å². The molecule has 0 bridgehead atoms. The van der Waals surface area contributed by atoms with Gasteiger partial charge in [-0.2, -0.15) is 0 Å². The van der Waals surface area contributed by atoms with Crippen molar-refractivity contribution in [3.63, 3.8) is 0 Å². The Morgan fingerprint density at radius 3 is 2.67 bits per heavy atom. The summed E-state index contributed by atoms with van der Waals surface area (Å²) in [5.74, 6) is -1.36. The summed E-state index contributed by atoms with van der Waals surface area (Å²) in [6.07, 6.45) is 1.33. The van der Waals surface area contributed by atoms with Crippen LogP contribution < -0.4 is 4.74 Å². The number of hydrogen-bond acceptors (Lipinski definition) is 2. The van der Waals surface area contributed by atoms with Crippen molar-refractivity contribution in [3.8, 4) is 5.75 Å². The largest absolute Gasteiger partial charge is 0.485 e. The summed E-state index contributed by atoms with van der Waals surface area (Å²) in [7, 11) is 0. The zero-order valence-electron chi connectivity index (χ0n) is 8.12. The molecule has 1 aliphatic rings. The maximum absolute atomic E-state index is 13.2. The van der Waals surface area contributed by atoms with Gasteiger partial charge in [0.25, 0.3) is 0 Å². The van der Waals surface area contributed by atoms with E-state index in [2.05, 4.69) is 0 Å². The minimum atomic E-state index is -0.728. The fourth-order valence-electron chi connectivity index (χ4n) is 1.78. The van der Waals surface area contributed by atoms with Gasteiger partial charge in [0.2, 0.25) is 0 Å². The molecule has 4 heteroatoms. The van der Waals surface area contributed by atoms with Gasteiger partial charge in [-0.15, -0.1) is 0 Å². The van der Waals surface area contributed by atoms with Crippen LogP contribution >= 0.6 is 0 Å². The summed E-state index contributed by atoms with van der Waals surface area (Å²) in [6, 6.07) is 3.16. The van der Waals surface area contributed by atoms with E-state index in [0.717, 1.165) is 18.6 Å². The molecular formula is C11H12F2O2. The van der Waals surface area contributed by atoms with E-state index < -0.39 is 17.7 Å². The number of benzene rings is 1. The van der Waals surface area contributed by atoms with Crippen LogP contribution in [0.1, 0.15) is 19.3 Å². The molecule has 1 aliphatic carbocycles. The van der Waals surface area contributed by atoms with E-state index in [1.54, 1.807) is 0 Å². The number of ether oxygens (including phenoxy) is 1. The van der Waals surface area contributed by atoms with Crippen molar-refractivity contribution >= 4 is 0 Å². The lowest BCUT2D eigenvalue weighted by Crippen LogP contribution is -2.26. The Kier molecular flexibility index (Phi) is 2.86. The summed E-state index contributed by atoms with van der Waals surface area (Å²) >= 11 is 0. The summed E-state index contributed by atoms with van der Waals surface area (Å²) in [4.78, 5) is 0. The van der Waals surface area contributed by atoms with Crippen molar-refractivity contribution in [2.75, 3.05) is 0 Å². The Balaban J connectivity index is 2.10. The van der Waals surface area contributed by atoms with Gasteiger partial charge in [-0.3, -0.25) is 0 Å². The molecule has 1 N–H and O–H groups in total. The first-order valence-corrected chi connectivity index (χ1v) is 4.96. The van der Waals surface area contributed by atoms with E-state index in [4.69, 9.17) is 4.74 Å². The van der Waals surface area contributed by atoms with Crippen LogP contribution in [0.5, 0.6) is 5.75 Å². The van der Waals surface area contributed by atoms with E-state index in [1.165, 1.54) is 6.07 Å². The van der Waals surface area contributed by atoms with Crippen molar-refractivity contribution in [1.29, 1.82) is 0 Å². The van der Waals surface area contributed by atoms with Crippen LogP contribution in [0.25, 0.3) is 0 Å². The first-order valence-electron chi connectivity index (χ1n) is 4.96. The summed E-state index contributed by atoms with van der Waals surface area (Å²) in [5.41, 5.74) is 0. The summed E-state index contributed by atoms with van der Waals surface area (Å²) in [5, 5.41) is 9.47. The average Bonchev–Trinajstić information content (AvgIpc) is 2.57. The molecule has 1 saturated carbocycles. The molecule has 2 atom stereocenters. The van der Waals surface area contributed by atoms with Gasteiger partial charge >= 0.3 is 0 Å². The second-order valence-electron chi connectivity index (χ2n) is 3.73. The molecule has 2 unspecified atom stereocenters. The van der Waals surface area contributed by atoms with Gasteiger partial charge < -0.3 is 9.84 Å². The molecule has 0 radical (unpaired) electrons. The van der Waals surface area contributed by atoms with Gasteiger partial charge in [-0.25, -0.2) is 8.78 Å². The number of halogens is 2. The monoisotopic (exact) mass is 214 g/mol. The van der Waals surface area contributed by atoms with Gasteiger partial charge in [0, 0.05) is 6.07 Å². The highest BCUT2D eigenvalue weighted by molar-refractivity contribution is 5.25. The summed E-state index contributed by atoms with van der Waals surface area (Å²) < 4.78 is 31.1. The lowest BCUT2D eigenvalue weighted by molar-refractivity contribution is 0.0578. The minimum absolute atomic E-state index is 0.00218. The van der Waals surface area contributed by atoms with Gasteiger partial charge in [0.15, 0.2) is 11.6 Å². The van der Waals surface area contributed by atoms with Crippen LogP contribution in [-0.2, 0) is 0 Å². The third-order valence-corrected chi connectivity index (χ3v) is 2.59. The second-order valence-corrected chi connectivity index (χ2v) is 3.73. The third kappa shape index (κ3) is 2.26. The quantitative estimate of drug-likeness (QED) is 0.818. The molecule has 2 rings (SSSR count). The Labute approximate surface area is 86.5 Å². The fourth-order valence-corrected chi connectivity index (χ4v) is 1.78. The molecule has 0 heterocycles. The molecule has 0 amide bonds. The standard InChI is InChI=1S/C11H12F2O2/c12-7-4-5-10(8(13)6-7)15-11-3-1-2-9(11)14/h4-6,9,11,14H,1-3H2. The normalized spacial score (nSPS) is 25.5. The highest BCUT2D eigenvalue weighted by atomic mass is 19.1. The zero-order valence-corrected chi connectivity index (χ0v) is 8.12. The Morgan fingerprint density at radius 1 is 1.27 bits per heavy atom. The molecule has 0 saturated heterocycles. The van der Waals surface area contributed by atoms with Crippen LogP contribution in [0.3, 0.4) is 0 Å². The smallest absolute Gasteiger partial charge is 0.167 e. The first-order chi connectivity index (χ1) is 7.16. The highest BCUT2D eigenvalue weighted by Crippen LogP contribution is 2.26. The molecule has 15 heavy (non-hydrogen) atoms. The SMILES string of the molecule is OC1CCCC1Oc1ccc(F)cc1F. The van der Waals surface area contributed by atoms with Crippen molar-refractivity contribution in [2.45, 2.75) is 31.5 Å². The molecule has 0 aliphatic heterocycles. The molecule has 1 aromatic rings. The maximum atomic E-state index is 13.2. The van der Waals surface area contributed by atoms with Crippen LogP contribution in [-0.4, -0.2) is 17.3 Å². The molecular weight excluding hydrogens is 202 g/mol. The van der Waals surface area contributed by atoms with Crippen LogP contribution in [0, 0.1) is 11.6 Å². The number of rotatable bonds is 2. The second kappa shape index (κ2) is 4.14. The van der Waals surface area contributed by atoms with Gasteiger partial charge in [0.1, 0.15) is 11.9 Å². The molecule has 0 aromatic heterocycles. The van der Waals surface area contributed by atoms with Crippen molar-refractivity contribution in [1.82, 2.24) is 0 Å². The molecule has 2 nitrogen and oxygen atoms in total. The highest BCUT2D eigenvalue weighted by Gasteiger charge is 2.27. The number of aliphatic hydroxyl groups excluding tert-OH is 1. The lowest BCUT2D eigenvalue weighted by atomic mass is 10.2. The van der Waals surface area contributed by atoms with E-state index in [0.29, 0.717) is 12.8 Å². The van der Waals surface area contributed by atoms with Crippen LogP contribution in [0.4, 0.5) is 8.78 Å². The minimum Gasteiger partial charge on any atom is -0.485 e.